The van der Waals surface area contributed by atoms with Crippen molar-refractivity contribution >= 4 is 5.96 Å². The van der Waals surface area contributed by atoms with Crippen LogP contribution in [0.4, 0.5) is 0 Å². The van der Waals surface area contributed by atoms with Gasteiger partial charge in [-0.3, -0.25) is 10.4 Å². The highest BCUT2D eigenvalue weighted by Crippen LogP contribution is 2.00. The van der Waals surface area contributed by atoms with Gasteiger partial charge >= 0.3 is 0 Å². The Morgan fingerprint density at radius 1 is 1.40 bits per heavy atom. The first-order valence-corrected chi connectivity index (χ1v) is 4.96. The topological polar surface area (TPSA) is 53.6 Å². The lowest BCUT2D eigenvalue weighted by Gasteiger charge is -2.19. The minimum absolute atomic E-state index is 0.700. The lowest BCUT2D eigenvalue weighted by Crippen LogP contribution is -2.43. The number of aliphatic imine (C=N–C) groups is 1. The zero-order valence-electron chi connectivity index (χ0n) is 9.27. The Hall–Kier alpha value is -1.55. The summed E-state index contributed by atoms with van der Waals surface area (Å²) in [5.41, 5.74) is 3.88. The van der Waals surface area contributed by atoms with E-state index in [4.69, 9.17) is 5.84 Å². The van der Waals surface area contributed by atoms with Gasteiger partial charge in [0.25, 0.3) is 0 Å². The van der Waals surface area contributed by atoms with Crippen LogP contribution in [0.1, 0.15) is 5.56 Å². The standard InChI is InChI=1S/C11H18N4/c1-13-11(14-12)15(2)9-8-10-6-4-3-5-7-10/h3-7H,8-9,12H2,1-2H3,(H,13,14). The van der Waals surface area contributed by atoms with Crippen molar-refractivity contribution in [2.45, 2.75) is 6.42 Å². The van der Waals surface area contributed by atoms with Crippen LogP contribution in [0.2, 0.25) is 0 Å². The van der Waals surface area contributed by atoms with Crippen molar-refractivity contribution in [3.63, 3.8) is 0 Å². The summed E-state index contributed by atoms with van der Waals surface area (Å²) in [4.78, 5) is 6.02. The van der Waals surface area contributed by atoms with Crippen LogP contribution in [0.5, 0.6) is 0 Å². The van der Waals surface area contributed by atoms with E-state index < -0.39 is 0 Å². The summed E-state index contributed by atoms with van der Waals surface area (Å²) in [6.07, 6.45) is 0.984. The molecule has 0 unspecified atom stereocenters. The highest BCUT2D eigenvalue weighted by atomic mass is 15.4. The molecule has 0 aliphatic heterocycles. The molecule has 1 aromatic carbocycles. The van der Waals surface area contributed by atoms with E-state index in [0.29, 0.717) is 5.96 Å². The molecule has 3 N–H and O–H groups in total. The van der Waals surface area contributed by atoms with Crippen LogP contribution in [-0.2, 0) is 6.42 Å². The maximum absolute atomic E-state index is 5.33. The summed E-state index contributed by atoms with van der Waals surface area (Å²) < 4.78 is 0. The number of guanidine groups is 1. The van der Waals surface area contributed by atoms with Gasteiger partial charge in [0, 0.05) is 20.6 Å². The molecule has 0 spiro atoms. The molecule has 0 radical (unpaired) electrons. The van der Waals surface area contributed by atoms with E-state index in [1.807, 2.05) is 30.1 Å². The number of nitrogens with two attached hydrogens (primary N) is 1. The summed E-state index contributed by atoms with van der Waals surface area (Å²) in [5, 5.41) is 0. The molecule has 4 heteroatoms. The number of hydrogen-bond donors (Lipinski definition) is 2. The van der Waals surface area contributed by atoms with Crippen molar-refractivity contribution in [3.05, 3.63) is 35.9 Å². The first-order chi connectivity index (χ1) is 7.27. The van der Waals surface area contributed by atoms with Crippen LogP contribution in [0, 0.1) is 0 Å². The zero-order valence-corrected chi connectivity index (χ0v) is 9.27. The molecular formula is C11H18N4. The fourth-order valence-electron chi connectivity index (χ4n) is 1.39. The molecule has 0 heterocycles. The quantitative estimate of drug-likeness (QED) is 0.330. The number of nitrogens with one attached hydrogen (secondary N) is 1. The smallest absolute Gasteiger partial charge is 0.207 e. The van der Waals surface area contributed by atoms with E-state index >= 15 is 0 Å². The number of hydrazine groups is 1. The van der Waals surface area contributed by atoms with Gasteiger partial charge in [-0.05, 0) is 12.0 Å². The van der Waals surface area contributed by atoms with Crippen LogP contribution < -0.4 is 11.3 Å². The second kappa shape index (κ2) is 6.03. The second-order valence-electron chi connectivity index (χ2n) is 3.35. The summed E-state index contributed by atoms with van der Waals surface area (Å²) in [6, 6.07) is 10.4. The first-order valence-electron chi connectivity index (χ1n) is 4.96. The molecule has 0 atom stereocenters. The van der Waals surface area contributed by atoms with E-state index in [0.717, 1.165) is 13.0 Å². The molecule has 0 aliphatic carbocycles. The number of hydrogen-bond acceptors (Lipinski definition) is 2. The molecule has 4 nitrogen and oxygen atoms in total. The highest BCUT2D eigenvalue weighted by molar-refractivity contribution is 5.78. The van der Waals surface area contributed by atoms with Crippen LogP contribution in [0.25, 0.3) is 0 Å². The third kappa shape index (κ3) is 3.59. The van der Waals surface area contributed by atoms with Crippen molar-refractivity contribution in [2.75, 3.05) is 20.6 Å². The van der Waals surface area contributed by atoms with Crippen LogP contribution in [0.3, 0.4) is 0 Å². The van der Waals surface area contributed by atoms with Crippen molar-refractivity contribution in [1.29, 1.82) is 0 Å². The molecular weight excluding hydrogens is 188 g/mol. The summed E-state index contributed by atoms with van der Waals surface area (Å²) >= 11 is 0. The molecule has 0 fully saturated rings. The lowest BCUT2D eigenvalue weighted by atomic mass is 10.1. The molecule has 15 heavy (non-hydrogen) atoms. The van der Waals surface area contributed by atoms with Crippen molar-refractivity contribution < 1.29 is 0 Å². The normalized spacial score (nSPS) is 11.3. The molecule has 0 bridgehead atoms. The van der Waals surface area contributed by atoms with E-state index in [1.165, 1.54) is 5.56 Å². The van der Waals surface area contributed by atoms with Crippen molar-refractivity contribution in [1.82, 2.24) is 10.3 Å². The Morgan fingerprint density at radius 2 is 2.07 bits per heavy atom. The fourth-order valence-corrected chi connectivity index (χ4v) is 1.39. The Labute approximate surface area is 90.8 Å². The van der Waals surface area contributed by atoms with E-state index in [-0.39, 0.29) is 0 Å². The average molecular weight is 206 g/mol. The van der Waals surface area contributed by atoms with Crippen molar-refractivity contribution in [2.24, 2.45) is 10.8 Å². The Bertz CT molecular complexity index is 308. The summed E-state index contributed by atoms with van der Waals surface area (Å²) in [7, 11) is 3.68. The number of benzene rings is 1. The maximum Gasteiger partial charge on any atom is 0.207 e. The summed E-state index contributed by atoms with van der Waals surface area (Å²) in [6.45, 7) is 0.890. The predicted octanol–water partition coefficient (Wildman–Crippen LogP) is 0.610. The van der Waals surface area contributed by atoms with E-state index in [1.54, 1.807) is 7.05 Å². The third-order valence-corrected chi connectivity index (χ3v) is 2.28. The van der Waals surface area contributed by atoms with Crippen LogP contribution in [-0.4, -0.2) is 31.5 Å². The second-order valence-corrected chi connectivity index (χ2v) is 3.35. The molecule has 0 saturated heterocycles. The Balaban J connectivity index is 2.44. The van der Waals surface area contributed by atoms with Gasteiger partial charge in [-0.25, -0.2) is 5.84 Å². The number of rotatable bonds is 3. The Kier molecular flexibility index (Phi) is 4.63. The third-order valence-electron chi connectivity index (χ3n) is 2.28. The van der Waals surface area contributed by atoms with Gasteiger partial charge in [-0.1, -0.05) is 30.3 Å². The lowest BCUT2D eigenvalue weighted by molar-refractivity contribution is 0.487. The number of nitrogens with zero attached hydrogens (tertiary/aromatic N) is 2. The predicted molar refractivity (Wildman–Crippen MR) is 63.5 cm³/mol. The highest BCUT2D eigenvalue weighted by Gasteiger charge is 2.02. The largest absolute Gasteiger partial charge is 0.345 e. The number of likely N-dealkylation sites (N-methyl/N-ethyl adjacent to an activating group) is 1. The monoisotopic (exact) mass is 206 g/mol. The van der Waals surface area contributed by atoms with E-state index in [2.05, 4.69) is 22.6 Å². The maximum atomic E-state index is 5.33. The van der Waals surface area contributed by atoms with Gasteiger partial charge in [0.2, 0.25) is 5.96 Å². The van der Waals surface area contributed by atoms with Gasteiger partial charge in [0.15, 0.2) is 0 Å². The molecule has 0 amide bonds. The Morgan fingerprint density at radius 3 is 2.60 bits per heavy atom. The molecule has 82 valence electrons. The van der Waals surface area contributed by atoms with Crippen molar-refractivity contribution in [3.8, 4) is 0 Å². The van der Waals surface area contributed by atoms with Gasteiger partial charge in [-0.2, -0.15) is 0 Å². The molecule has 0 aliphatic rings. The molecule has 1 aromatic rings. The van der Waals surface area contributed by atoms with Gasteiger partial charge < -0.3 is 4.90 Å². The zero-order chi connectivity index (χ0) is 11.1. The van der Waals surface area contributed by atoms with Crippen LogP contribution >= 0.6 is 0 Å². The molecule has 1 rings (SSSR count). The minimum atomic E-state index is 0.700. The average Bonchev–Trinajstić information content (AvgIpc) is 2.29. The molecule has 0 saturated carbocycles. The SMILES string of the molecule is CN=C(NN)N(C)CCc1ccccc1. The van der Waals surface area contributed by atoms with Gasteiger partial charge in [0.1, 0.15) is 0 Å². The first kappa shape index (κ1) is 11.5. The van der Waals surface area contributed by atoms with Gasteiger partial charge in [-0.15, -0.1) is 0 Å². The summed E-state index contributed by atoms with van der Waals surface area (Å²) in [5.74, 6) is 6.03. The fraction of sp³-hybridized carbons (Fsp3) is 0.364. The van der Waals surface area contributed by atoms with Gasteiger partial charge in [0.05, 0.1) is 0 Å². The van der Waals surface area contributed by atoms with Crippen LogP contribution in [0.15, 0.2) is 35.3 Å². The van der Waals surface area contributed by atoms with E-state index in [9.17, 15) is 0 Å². The minimum Gasteiger partial charge on any atom is -0.345 e. The molecule has 0 aromatic heterocycles.